The van der Waals surface area contributed by atoms with E-state index in [0.717, 1.165) is 4.47 Å². The number of nitrogens with one attached hydrogen (secondary N) is 1. The van der Waals surface area contributed by atoms with Crippen molar-refractivity contribution in [2.75, 3.05) is 0 Å². The molecule has 0 radical (unpaired) electrons. The van der Waals surface area contributed by atoms with Crippen LogP contribution in [0.1, 0.15) is 17.3 Å². The van der Waals surface area contributed by atoms with Gasteiger partial charge in [0, 0.05) is 21.8 Å². The lowest BCUT2D eigenvalue weighted by Crippen LogP contribution is -2.32. The molecule has 0 unspecified atom stereocenters. The van der Waals surface area contributed by atoms with E-state index in [2.05, 4.69) is 26.2 Å². The number of imide groups is 1. The zero-order chi connectivity index (χ0) is 18.0. The normalized spacial score (nSPS) is 11.6. The van der Waals surface area contributed by atoms with Gasteiger partial charge >= 0.3 is 0 Å². The van der Waals surface area contributed by atoms with Crippen LogP contribution in [0.4, 0.5) is 5.69 Å². The van der Waals surface area contributed by atoms with Gasteiger partial charge in [-0.3, -0.25) is 14.9 Å². The van der Waals surface area contributed by atoms with Gasteiger partial charge in [-0.05, 0) is 42.5 Å². The average molecular weight is 420 g/mol. The van der Waals surface area contributed by atoms with Gasteiger partial charge in [-0.2, -0.15) is 0 Å². The first kappa shape index (κ1) is 17.4. The van der Waals surface area contributed by atoms with E-state index in [9.17, 15) is 9.59 Å². The van der Waals surface area contributed by atoms with E-state index in [1.165, 1.54) is 6.92 Å². The van der Waals surface area contributed by atoms with Crippen LogP contribution < -0.4 is 10.9 Å². The van der Waals surface area contributed by atoms with Crippen LogP contribution in [-0.4, -0.2) is 11.8 Å². The number of rotatable bonds is 2. The van der Waals surface area contributed by atoms with Crippen molar-refractivity contribution in [2.45, 2.75) is 6.92 Å². The van der Waals surface area contributed by atoms with Crippen LogP contribution in [0.3, 0.4) is 0 Å². The van der Waals surface area contributed by atoms with E-state index in [1.54, 1.807) is 36.4 Å². The molecule has 0 aliphatic rings. The first-order valence-electron chi connectivity index (χ1n) is 7.28. The van der Waals surface area contributed by atoms with Crippen molar-refractivity contribution < 1.29 is 14.0 Å². The highest BCUT2D eigenvalue weighted by molar-refractivity contribution is 9.10. The Morgan fingerprint density at radius 2 is 1.96 bits per heavy atom. The number of carbonyl (C=O) groups excluding carboxylic acids is 2. The van der Waals surface area contributed by atoms with Gasteiger partial charge in [0.2, 0.25) is 11.5 Å². The lowest BCUT2D eigenvalue weighted by molar-refractivity contribution is -0.118. The molecule has 1 aromatic heterocycles. The topological polar surface area (TPSA) is 71.7 Å². The van der Waals surface area contributed by atoms with Gasteiger partial charge in [0.05, 0.1) is 5.69 Å². The molecule has 3 rings (SSSR count). The molecule has 0 spiro atoms. The Bertz CT molecular complexity index is 1060. The monoisotopic (exact) mass is 418 g/mol. The van der Waals surface area contributed by atoms with Gasteiger partial charge in [-0.15, -0.1) is 0 Å². The molecule has 7 heteroatoms. The Morgan fingerprint density at radius 1 is 1.16 bits per heavy atom. The highest BCUT2D eigenvalue weighted by Crippen LogP contribution is 2.21. The summed E-state index contributed by atoms with van der Waals surface area (Å²) < 4.78 is 6.63. The standard InChI is InChI=1S/C18H12BrClN2O3/c1-10(23)21-17(24)15-8-11-7-12(19)5-6-16(11)25-18(15)22-14-4-2-3-13(20)9-14/h2-9H,1H3,(H,21,23,24). The summed E-state index contributed by atoms with van der Waals surface area (Å²) >= 11 is 9.36. The third kappa shape index (κ3) is 4.15. The third-order valence-corrected chi connectivity index (χ3v) is 4.01. The van der Waals surface area contributed by atoms with Crippen molar-refractivity contribution in [3.63, 3.8) is 0 Å². The smallest absolute Gasteiger partial charge is 0.263 e. The van der Waals surface area contributed by atoms with E-state index in [4.69, 9.17) is 16.0 Å². The van der Waals surface area contributed by atoms with Crippen molar-refractivity contribution in [1.29, 1.82) is 0 Å². The van der Waals surface area contributed by atoms with Crippen LogP contribution in [0.5, 0.6) is 0 Å². The van der Waals surface area contributed by atoms with Crippen LogP contribution in [0.2, 0.25) is 5.02 Å². The van der Waals surface area contributed by atoms with Crippen molar-refractivity contribution in [1.82, 2.24) is 5.32 Å². The van der Waals surface area contributed by atoms with Gasteiger partial charge in [0.15, 0.2) is 0 Å². The zero-order valence-electron chi connectivity index (χ0n) is 13.0. The fraction of sp³-hybridized carbons (Fsp3) is 0.0556. The predicted octanol–water partition coefficient (Wildman–Crippen LogP) is 4.36. The molecule has 1 N–H and O–H groups in total. The Balaban J connectivity index is 2.25. The molecule has 1 heterocycles. The molecular weight excluding hydrogens is 408 g/mol. The molecule has 0 aliphatic heterocycles. The number of nitrogens with zero attached hydrogens (tertiary/aromatic N) is 1. The second-order valence-electron chi connectivity index (χ2n) is 5.25. The average Bonchev–Trinajstić information content (AvgIpc) is 2.54. The highest BCUT2D eigenvalue weighted by atomic mass is 79.9. The first-order valence-corrected chi connectivity index (χ1v) is 8.45. The molecule has 25 heavy (non-hydrogen) atoms. The van der Waals surface area contributed by atoms with Gasteiger partial charge < -0.3 is 4.42 Å². The van der Waals surface area contributed by atoms with E-state index in [0.29, 0.717) is 21.7 Å². The maximum Gasteiger partial charge on any atom is 0.263 e. The molecule has 2 amide bonds. The summed E-state index contributed by atoms with van der Waals surface area (Å²) in [5.41, 5.74) is 1.34. The molecule has 5 nitrogen and oxygen atoms in total. The molecule has 3 aromatic rings. The number of hydrogen-bond donors (Lipinski definition) is 1. The van der Waals surface area contributed by atoms with E-state index >= 15 is 0 Å². The van der Waals surface area contributed by atoms with Crippen molar-refractivity contribution >= 4 is 56.0 Å². The first-order chi connectivity index (χ1) is 11.9. The van der Waals surface area contributed by atoms with Crippen LogP contribution in [0, 0.1) is 0 Å². The maximum atomic E-state index is 12.4. The third-order valence-electron chi connectivity index (χ3n) is 3.28. The lowest BCUT2D eigenvalue weighted by Gasteiger charge is -2.05. The summed E-state index contributed by atoms with van der Waals surface area (Å²) in [4.78, 5) is 28.0. The fourth-order valence-electron chi connectivity index (χ4n) is 2.24. The maximum absolute atomic E-state index is 12.4. The Morgan fingerprint density at radius 3 is 2.68 bits per heavy atom. The molecule has 2 aromatic carbocycles. The Kier molecular flexibility index (Phi) is 5.01. The summed E-state index contributed by atoms with van der Waals surface area (Å²) in [7, 11) is 0. The number of carbonyl (C=O) groups is 2. The van der Waals surface area contributed by atoms with E-state index in [-0.39, 0.29) is 11.1 Å². The number of amides is 2. The second kappa shape index (κ2) is 7.21. The van der Waals surface area contributed by atoms with Gasteiger partial charge in [-0.1, -0.05) is 33.6 Å². The second-order valence-corrected chi connectivity index (χ2v) is 6.60. The van der Waals surface area contributed by atoms with Gasteiger partial charge in [0.25, 0.3) is 5.91 Å². The summed E-state index contributed by atoms with van der Waals surface area (Å²) in [5, 5.41) is 3.46. The summed E-state index contributed by atoms with van der Waals surface area (Å²) in [5.74, 6) is -1.05. The van der Waals surface area contributed by atoms with Crippen molar-refractivity contribution in [3.8, 4) is 0 Å². The molecule has 0 saturated heterocycles. The summed E-state index contributed by atoms with van der Waals surface area (Å²) in [6.45, 7) is 1.26. The van der Waals surface area contributed by atoms with Gasteiger partial charge in [-0.25, -0.2) is 4.99 Å². The van der Waals surface area contributed by atoms with Gasteiger partial charge in [0.1, 0.15) is 11.1 Å². The molecule has 0 atom stereocenters. The molecule has 126 valence electrons. The minimum atomic E-state index is -0.584. The number of hydrogen-bond acceptors (Lipinski definition) is 4. The molecular formula is C18H12BrClN2O3. The lowest BCUT2D eigenvalue weighted by atomic mass is 10.1. The molecule has 0 bridgehead atoms. The minimum Gasteiger partial charge on any atom is -0.438 e. The molecule has 0 aliphatic carbocycles. The van der Waals surface area contributed by atoms with Crippen molar-refractivity contribution in [2.24, 2.45) is 4.99 Å². The number of benzene rings is 2. The Hall–Kier alpha value is -2.44. The minimum absolute atomic E-state index is 0.0934. The quantitative estimate of drug-likeness (QED) is 0.671. The molecule has 0 saturated carbocycles. The highest BCUT2D eigenvalue weighted by Gasteiger charge is 2.14. The van der Waals surface area contributed by atoms with Crippen LogP contribution >= 0.6 is 27.5 Å². The summed E-state index contributed by atoms with van der Waals surface area (Å²) in [6.07, 6.45) is 0. The van der Waals surface area contributed by atoms with Crippen molar-refractivity contribution in [3.05, 3.63) is 69.1 Å². The number of fused-ring (bicyclic) bond motifs is 1. The summed E-state index contributed by atoms with van der Waals surface area (Å²) in [6, 6.07) is 13.9. The largest absolute Gasteiger partial charge is 0.438 e. The van der Waals surface area contributed by atoms with Crippen LogP contribution in [0.25, 0.3) is 11.0 Å². The fourth-order valence-corrected chi connectivity index (χ4v) is 2.80. The van der Waals surface area contributed by atoms with Crippen LogP contribution in [0.15, 0.2) is 62.4 Å². The van der Waals surface area contributed by atoms with E-state index in [1.807, 2.05) is 12.1 Å². The predicted molar refractivity (Wildman–Crippen MR) is 98.7 cm³/mol. The molecule has 0 fully saturated rings. The van der Waals surface area contributed by atoms with Crippen LogP contribution in [-0.2, 0) is 4.79 Å². The van der Waals surface area contributed by atoms with E-state index < -0.39 is 11.8 Å². The zero-order valence-corrected chi connectivity index (χ0v) is 15.4. The SMILES string of the molecule is CC(=O)NC(=O)c1cc2cc(Br)ccc2oc1=Nc1cccc(Cl)c1. The number of halogens is 2. The Labute approximate surface area is 156 Å².